The van der Waals surface area contributed by atoms with Gasteiger partial charge in [-0.15, -0.1) is 0 Å². The highest BCUT2D eigenvalue weighted by molar-refractivity contribution is 6.28. The van der Waals surface area contributed by atoms with Crippen LogP contribution in [0.2, 0.25) is 5.28 Å². The van der Waals surface area contributed by atoms with Crippen molar-refractivity contribution in [2.75, 3.05) is 6.54 Å². The van der Waals surface area contributed by atoms with Gasteiger partial charge in [-0.05, 0) is 18.5 Å². The number of fused-ring (bicyclic) bond motifs is 1. The van der Waals surface area contributed by atoms with Crippen molar-refractivity contribution in [1.29, 1.82) is 0 Å². The molecule has 1 aliphatic rings. The minimum atomic E-state index is 0.369. The van der Waals surface area contributed by atoms with Gasteiger partial charge in [0.05, 0.1) is 5.69 Å². The van der Waals surface area contributed by atoms with E-state index in [9.17, 15) is 0 Å². The van der Waals surface area contributed by atoms with Gasteiger partial charge in [-0.1, -0.05) is 0 Å². The molecular weight excluding hydrogens is 174 g/mol. The van der Waals surface area contributed by atoms with Gasteiger partial charge in [-0.25, -0.2) is 9.97 Å². The molecule has 0 unspecified atom stereocenters. The fourth-order valence-electron chi connectivity index (χ4n) is 1.48. The lowest BCUT2D eigenvalue weighted by atomic mass is 10.1. The summed E-state index contributed by atoms with van der Waals surface area (Å²) in [6.45, 7) is 3.83. The third-order valence-electron chi connectivity index (χ3n) is 2.11. The molecule has 3 nitrogen and oxygen atoms in total. The molecule has 0 fully saturated rings. The van der Waals surface area contributed by atoms with Crippen molar-refractivity contribution in [2.24, 2.45) is 0 Å². The molecule has 0 bridgehead atoms. The van der Waals surface area contributed by atoms with Crippen molar-refractivity contribution in [3.05, 3.63) is 22.2 Å². The number of aryl methyl sites for hydroxylation is 1. The van der Waals surface area contributed by atoms with Crippen LogP contribution in [0.15, 0.2) is 0 Å². The number of nitrogens with one attached hydrogen (secondary N) is 1. The van der Waals surface area contributed by atoms with Gasteiger partial charge in [0.25, 0.3) is 0 Å². The van der Waals surface area contributed by atoms with Crippen LogP contribution >= 0.6 is 11.6 Å². The van der Waals surface area contributed by atoms with E-state index < -0.39 is 0 Å². The summed E-state index contributed by atoms with van der Waals surface area (Å²) in [6.07, 6.45) is 0.957. The molecule has 0 aliphatic carbocycles. The first-order chi connectivity index (χ1) is 5.77. The Morgan fingerprint density at radius 2 is 2.25 bits per heavy atom. The zero-order chi connectivity index (χ0) is 8.55. The van der Waals surface area contributed by atoms with E-state index in [1.165, 1.54) is 5.56 Å². The molecule has 2 rings (SSSR count). The molecule has 0 saturated heterocycles. The Labute approximate surface area is 76.2 Å². The number of hydrogen-bond acceptors (Lipinski definition) is 3. The van der Waals surface area contributed by atoms with Crippen LogP contribution in [0.4, 0.5) is 0 Å². The van der Waals surface area contributed by atoms with Crippen LogP contribution in [0.5, 0.6) is 0 Å². The largest absolute Gasteiger partial charge is 0.312 e. The number of aromatic nitrogens is 2. The van der Waals surface area contributed by atoms with E-state index in [2.05, 4.69) is 15.3 Å². The Bertz CT molecular complexity index is 311. The minimum Gasteiger partial charge on any atom is -0.312 e. The molecule has 1 N–H and O–H groups in total. The Hall–Kier alpha value is -0.670. The molecule has 64 valence electrons. The van der Waals surface area contributed by atoms with Gasteiger partial charge in [0, 0.05) is 30.8 Å². The highest BCUT2D eigenvalue weighted by Gasteiger charge is 2.13. The minimum absolute atomic E-state index is 0.369. The van der Waals surface area contributed by atoms with Crippen LogP contribution in [0.1, 0.15) is 17.0 Å². The van der Waals surface area contributed by atoms with Crippen LogP contribution in [-0.4, -0.2) is 16.5 Å². The molecule has 1 aliphatic heterocycles. The quantitative estimate of drug-likeness (QED) is 0.612. The van der Waals surface area contributed by atoms with Crippen LogP contribution in [-0.2, 0) is 13.0 Å². The van der Waals surface area contributed by atoms with Crippen molar-refractivity contribution in [1.82, 2.24) is 15.3 Å². The van der Waals surface area contributed by atoms with Gasteiger partial charge in [-0.2, -0.15) is 0 Å². The average molecular weight is 184 g/mol. The number of rotatable bonds is 0. The third kappa shape index (κ3) is 1.30. The van der Waals surface area contributed by atoms with E-state index in [1.807, 2.05) is 6.92 Å². The van der Waals surface area contributed by atoms with E-state index in [0.717, 1.165) is 30.9 Å². The number of hydrogen-bond donors (Lipinski definition) is 1. The summed E-state index contributed by atoms with van der Waals surface area (Å²) in [6, 6.07) is 0. The summed E-state index contributed by atoms with van der Waals surface area (Å²) in [7, 11) is 0. The highest BCUT2D eigenvalue weighted by atomic mass is 35.5. The second-order valence-electron chi connectivity index (χ2n) is 2.93. The van der Waals surface area contributed by atoms with Crippen LogP contribution in [0.3, 0.4) is 0 Å². The first kappa shape index (κ1) is 7.95. The SMILES string of the molecule is Cc1nc(Cl)nc2c1CNCC2. The predicted octanol–water partition coefficient (Wildman–Crippen LogP) is 1.08. The predicted molar refractivity (Wildman–Crippen MR) is 47.2 cm³/mol. The fraction of sp³-hybridized carbons (Fsp3) is 0.500. The number of nitrogens with zero attached hydrogens (tertiary/aromatic N) is 2. The maximum Gasteiger partial charge on any atom is 0.222 e. The monoisotopic (exact) mass is 183 g/mol. The standard InChI is InChI=1S/C8H10ClN3/c1-5-6-4-10-3-2-7(6)12-8(9)11-5/h10H,2-4H2,1H3. The van der Waals surface area contributed by atoms with Gasteiger partial charge >= 0.3 is 0 Å². The Balaban J connectivity index is 2.53. The molecule has 4 heteroatoms. The van der Waals surface area contributed by atoms with Crippen molar-refractivity contribution in [3.63, 3.8) is 0 Å². The lowest BCUT2D eigenvalue weighted by molar-refractivity contribution is 0.621. The van der Waals surface area contributed by atoms with Crippen molar-refractivity contribution < 1.29 is 0 Å². The van der Waals surface area contributed by atoms with Crippen LogP contribution < -0.4 is 5.32 Å². The first-order valence-corrected chi connectivity index (χ1v) is 4.38. The molecule has 0 radical (unpaired) electrons. The molecule has 12 heavy (non-hydrogen) atoms. The van der Waals surface area contributed by atoms with E-state index in [1.54, 1.807) is 0 Å². The molecule has 2 heterocycles. The molecule has 0 amide bonds. The maximum absolute atomic E-state index is 5.74. The summed E-state index contributed by atoms with van der Waals surface area (Å²) >= 11 is 5.74. The summed E-state index contributed by atoms with van der Waals surface area (Å²) < 4.78 is 0. The lowest BCUT2D eigenvalue weighted by Gasteiger charge is -2.17. The van der Waals surface area contributed by atoms with Gasteiger partial charge in [0.1, 0.15) is 0 Å². The molecule has 1 aromatic heterocycles. The van der Waals surface area contributed by atoms with Crippen molar-refractivity contribution in [2.45, 2.75) is 19.9 Å². The Kier molecular flexibility index (Phi) is 1.98. The molecule has 0 spiro atoms. The molecule has 0 saturated carbocycles. The van der Waals surface area contributed by atoms with Crippen molar-refractivity contribution in [3.8, 4) is 0 Å². The van der Waals surface area contributed by atoms with Crippen molar-refractivity contribution >= 4 is 11.6 Å². The highest BCUT2D eigenvalue weighted by Crippen LogP contribution is 2.16. The smallest absolute Gasteiger partial charge is 0.222 e. The first-order valence-electron chi connectivity index (χ1n) is 4.00. The van der Waals surface area contributed by atoms with E-state index in [0.29, 0.717) is 5.28 Å². The van der Waals surface area contributed by atoms with Gasteiger partial charge in [0.15, 0.2) is 0 Å². The zero-order valence-electron chi connectivity index (χ0n) is 6.89. The second-order valence-corrected chi connectivity index (χ2v) is 3.27. The normalized spacial score (nSPS) is 15.8. The van der Waals surface area contributed by atoms with E-state index >= 15 is 0 Å². The molecule has 0 aromatic carbocycles. The molecular formula is C8H10ClN3. The summed E-state index contributed by atoms with van der Waals surface area (Å²) in [5, 5.41) is 3.65. The summed E-state index contributed by atoms with van der Waals surface area (Å²) in [4.78, 5) is 8.29. The van der Waals surface area contributed by atoms with Crippen LogP contribution in [0, 0.1) is 6.92 Å². The van der Waals surface area contributed by atoms with Crippen LogP contribution in [0.25, 0.3) is 0 Å². The molecule has 0 atom stereocenters. The van der Waals surface area contributed by atoms with Gasteiger partial charge < -0.3 is 5.32 Å². The van der Waals surface area contributed by atoms with Gasteiger partial charge in [-0.3, -0.25) is 0 Å². The van der Waals surface area contributed by atoms with Gasteiger partial charge in [0.2, 0.25) is 5.28 Å². The fourth-order valence-corrected chi connectivity index (χ4v) is 1.70. The topological polar surface area (TPSA) is 37.8 Å². The maximum atomic E-state index is 5.74. The Morgan fingerprint density at radius 1 is 1.42 bits per heavy atom. The second kappa shape index (κ2) is 2.99. The van der Waals surface area contributed by atoms with E-state index in [4.69, 9.17) is 11.6 Å². The summed E-state index contributed by atoms with van der Waals surface area (Å²) in [5.41, 5.74) is 3.31. The van der Waals surface area contributed by atoms with E-state index in [-0.39, 0.29) is 0 Å². The third-order valence-corrected chi connectivity index (χ3v) is 2.28. The summed E-state index contributed by atoms with van der Waals surface area (Å²) in [5.74, 6) is 0. The molecule has 1 aromatic rings. The number of halogens is 1. The zero-order valence-corrected chi connectivity index (χ0v) is 7.65. The Morgan fingerprint density at radius 3 is 3.08 bits per heavy atom. The lowest BCUT2D eigenvalue weighted by Crippen LogP contribution is -2.26. The average Bonchev–Trinajstić information content (AvgIpc) is 2.04.